The van der Waals surface area contributed by atoms with E-state index in [1.54, 1.807) is 30.3 Å². The number of benzene rings is 1. The summed E-state index contributed by atoms with van der Waals surface area (Å²) in [5, 5.41) is 1.83. The number of rotatable bonds is 7. The van der Waals surface area contributed by atoms with Crippen LogP contribution in [0.15, 0.2) is 47.8 Å². The molecular weight excluding hydrogens is 328 g/mol. The summed E-state index contributed by atoms with van der Waals surface area (Å²) in [5.74, 6) is -3.36. The van der Waals surface area contributed by atoms with E-state index >= 15 is 0 Å². The molecule has 0 aliphatic carbocycles. The SMILES string of the molecule is COC(=O)C(C(=O)OC)[C@H](CC(=O)c1ccccc1)c1cccs1. The lowest BCUT2D eigenvalue weighted by Crippen LogP contribution is -2.33. The molecule has 0 amide bonds. The van der Waals surface area contributed by atoms with Crippen molar-refractivity contribution in [3.8, 4) is 0 Å². The standard InChI is InChI=1S/C18H18O5S/c1-22-17(20)16(18(21)23-2)13(15-9-6-10-24-15)11-14(19)12-7-4-3-5-8-12/h3-10,13,16H,11H2,1-2H3/t13-/m1/s1. The van der Waals surface area contributed by atoms with E-state index in [-0.39, 0.29) is 12.2 Å². The van der Waals surface area contributed by atoms with Crippen molar-refractivity contribution in [1.82, 2.24) is 0 Å². The Kier molecular flexibility index (Phi) is 6.26. The Morgan fingerprint density at radius 2 is 1.58 bits per heavy atom. The van der Waals surface area contributed by atoms with Crippen LogP contribution >= 0.6 is 11.3 Å². The lowest BCUT2D eigenvalue weighted by atomic mass is 9.85. The molecule has 0 bridgehead atoms. The largest absolute Gasteiger partial charge is 0.468 e. The number of carbonyl (C=O) groups excluding carboxylic acids is 3. The third kappa shape index (κ3) is 4.08. The van der Waals surface area contributed by atoms with Gasteiger partial charge in [-0.25, -0.2) is 0 Å². The maximum absolute atomic E-state index is 12.6. The van der Waals surface area contributed by atoms with Crippen molar-refractivity contribution < 1.29 is 23.9 Å². The molecular formula is C18H18O5S. The van der Waals surface area contributed by atoms with Gasteiger partial charge in [0.05, 0.1) is 14.2 Å². The topological polar surface area (TPSA) is 69.7 Å². The highest BCUT2D eigenvalue weighted by molar-refractivity contribution is 7.10. The molecule has 0 aliphatic heterocycles. The molecule has 2 rings (SSSR count). The molecule has 1 heterocycles. The van der Waals surface area contributed by atoms with Crippen molar-refractivity contribution in [1.29, 1.82) is 0 Å². The van der Waals surface area contributed by atoms with Gasteiger partial charge in [-0.05, 0) is 11.4 Å². The smallest absolute Gasteiger partial charge is 0.320 e. The normalized spacial score (nSPS) is 11.8. The Hall–Kier alpha value is -2.47. The van der Waals surface area contributed by atoms with Gasteiger partial charge in [-0.3, -0.25) is 14.4 Å². The first-order chi connectivity index (χ1) is 11.6. The number of esters is 2. The first-order valence-electron chi connectivity index (χ1n) is 7.35. The van der Waals surface area contributed by atoms with Crippen LogP contribution in [0.2, 0.25) is 0 Å². The highest BCUT2D eigenvalue weighted by atomic mass is 32.1. The van der Waals surface area contributed by atoms with Crippen LogP contribution in [-0.2, 0) is 19.1 Å². The maximum Gasteiger partial charge on any atom is 0.320 e. The predicted molar refractivity (Wildman–Crippen MR) is 90.0 cm³/mol. The van der Waals surface area contributed by atoms with Crippen LogP contribution in [0.1, 0.15) is 27.6 Å². The number of methoxy groups -OCH3 is 2. The first-order valence-corrected chi connectivity index (χ1v) is 8.23. The van der Waals surface area contributed by atoms with Crippen LogP contribution in [0, 0.1) is 5.92 Å². The Morgan fingerprint density at radius 3 is 2.08 bits per heavy atom. The lowest BCUT2D eigenvalue weighted by Gasteiger charge is -2.22. The molecule has 5 nitrogen and oxygen atoms in total. The van der Waals surface area contributed by atoms with Gasteiger partial charge in [-0.2, -0.15) is 0 Å². The lowest BCUT2D eigenvalue weighted by molar-refractivity contribution is -0.159. The van der Waals surface area contributed by atoms with Crippen molar-refractivity contribution in [2.75, 3.05) is 14.2 Å². The van der Waals surface area contributed by atoms with Gasteiger partial charge in [0, 0.05) is 22.8 Å². The molecule has 0 fully saturated rings. The van der Waals surface area contributed by atoms with Crippen LogP contribution in [0.3, 0.4) is 0 Å². The monoisotopic (exact) mass is 346 g/mol. The highest BCUT2D eigenvalue weighted by Crippen LogP contribution is 2.34. The minimum absolute atomic E-state index is 0.0133. The van der Waals surface area contributed by atoms with Crippen LogP contribution in [0.5, 0.6) is 0 Å². The summed E-state index contributed by atoms with van der Waals surface area (Å²) in [6.07, 6.45) is 0.0133. The van der Waals surface area contributed by atoms with Gasteiger partial charge in [0.1, 0.15) is 0 Å². The van der Waals surface area contributed by atoms with Gasteiger partial charge in [-0.1, -0.05) is 36.4 Å². The molecule has 0 saturated carbocycles. The second-order valence-electron chi connectivity index (χ2n) is 5.14. The Labute approximate surface area is 144 Å². The second kappa shape index (κ2) is 8.40. The molecule has 0 unspecified atom stereocenters. The van der Waals surface area contributed by atoms with Gasteiger partial charge in [0.15, 0.2) is 11.7 Å². The van der Waals surface area contributed by atoms with Gasteiger partial charge >= 0.3 is 11.9 Å². The molecule has 1 aromatic carbocycles. The maximum atomic E-state index is 12.6. The molecule has 2 aromatic rings. The van der Waals surface area contributed by atoms with Crippen molar-refractivity contribution in [3.05, 3.63) is 58.3 Å². The summed E-state index contributed by atoms with van der Waals surface area (Å²) in [6.45, 7) is 0. The van der Waals surface area contributed by atoms with E-state index in [1.807, 2.05) is 17.5 Å². The fraction of sp³-hybridized carbons (Fsp3) is 0.278. The van der Waals surface area contributed by atoms with Crippen LogP contribution in [-0.4, -0.2) is 31.9 Å². The van der Waals surface area contributed by atoms with E-state index in [0.29, 0.717) is 5.56 Å². The molecule has 0 spiro atoms. The van der Waals surface area contributed by atoms with E-state index in [9.17, 15) is 14.4 Å². The van der Waals surface area contributed by atoms with Crippen LogP contribution in [0.4, 0.5) is 0 Å². The number of ketones is 1. The molecule has 0 saturated heterocycles. The van der Waals surface area contributed by atoms with Gasteiger partial charge in [0.25, 0.3) is 0 Å². The molecule has 24 heavy (non-hydrogen) atoms. The number of hydrogen-bond donors (Lipinski definition) is 0. The molecule has 1 aromatic heterocycles. The number of hydrogen-bond acceptors (Lipinski definition) is 6. The number of carbonyl (C=O) groups is 3. The zero-order valence-electron chi connectivity index (χ0n) is 13.4. The average Bonchev–Trinajstić information content (AvgIpc) is 3.15. The summed E-state index contributed by atoms with van der Waals surface area (Å²) in [6, 6.07) is 12.4. The minimum Gasteiger partial charge on any atom is -0.468 e. The van der Waals surface area contributed by atoms with E-state index in [0.717, 1.165) is 4.88 Å². The molecule has 0 N–H and O–H groups in total. The molecule has 126 valence electrons. The average molecular weight is 346 g/mol. The molecule has 0 radical (unpaired) electrons. The fourth-order valence-electron chi connectivity index (χ4n) is 2.51. The Balaban J connectivity index is 2.35. The Bertz CT molecular complexity index is 677. The van der Waals surface area contributed by atoms with Crippen LogP contribution in [0.25, 0.3) is 0 Å². The summed E-state index contributed by atoms with van der Waals surface area (Å²) in [5.41, 5.74) is 0.535. The van der Waals surface area contributed by atoms with Gasteiger partial charge < -0.3 is 9.47 Å². The van der Waals surface area contributed by atoms with Crippen molar-refractivity contribution in [2.45, 2.75) is 12.3 Å². The minimum atomic E-state index is -1.17. The van der Waals surface area contributed by atoms with Crippen molar-refractivity contribution >= 4 is 29.1 Å². The molecule has 6 heteroatoms. The third-order valence-corrected chi connectivity index (χ3v) is 4.73. The van der Waals surface area contributed by atoms with Gasteiger partial charge in [0.2, 0.25) is 0 Å². The number of thiophene rings is 1. The predicted octanol–water partition coefficient (Wildman–Crippen LogP) is 3.07. The summed E-state index contributed by atoms with van der Waals surface area (Å²) >= 11 is 1.38. The van der Waals surface area contributed by atoms with Crippen LogP contribution < -0.4 is 0 Å². The van der Waals surface area contributed by atoms with E-state index in [2.05, 4.69) is 0 Å². The first kappa shape index (κ1) is 17.9. The second-order valence-corrected chi connectivity index (χ2v) is 6.12. The third-order valence-electron chi connectivity index (χ3n) is 3.72. The zero-order chi connectivity index (χ0) is 17.5. The van der Waals surface area contributed by atoms with Crippen molar-refractivity contribution in [3.63, 3.8) is 0 Å². The van der Waals surface area contributed by atoms with E-state index in [4.69, 9.17) is 9.47 Å². The fourth-order valence-corrected chi connectivity index (χ4v) is 3.37. The summed E-state index contributed by atoms with van der Waals surface area (Å²) in [7, 11) is 2.42. The highest BCUT2D eigenvalue weighted by Gasteiger charge is 2.39. The number of Topliss-reactive ketones (excluding diaryl/α,β-unsaturated/α-hetero) is 1. The molecule has 0 aliphatic rings. The summed E-state index contributed by atoms with van der Waals surface area (Å²) in [4.78, 5) is 37.6. The Morgan fingerprint density at radius 1 is 0.958 bits per heavy atom. The van der Waals surface area contributed by atoms with Crippen molar-refractivity contribution in [2.24, 2.45) is 5.92 Å². The van der Waals surface area contributed by atoms with E-state index in [1.165, 1.54) is 25.6 Å². The molecule has 1 atom stereocenters. The zero-order valence-corrected chi connectivity index (χ0v) is 14.2. The number of ether oxygens (including phenoxy) is 2. The summed E-state index contributed by atoms with van der Waals surface area (Å²) < 4.78 is 9.51. The van der Waals surface area contributed by atoms with E-state index < -0.39 is 23.8 Å². The van der Waals surface area contributed by atoms with Gasteiger partial charge in [-0.15, -0.1) is 11.3 Å². The quantitative estimate of drug-likeness (QED) is 0.438.